The third-order valence-corrected chi connectivity index (χ3v) is 6.10. The number of benzene rings is 3. The van der Waals surface area contributed by atoms with E-state index in [1.807, 2.05) is 53.4 Å². The highest BCUT2D eigenvalue weighted by Crippen LogP contribution is 2.40. The summed E-state index contributed by atoms with van der Waals surface area (Å²) in [5.41, 5.74) is 4.07. The van der Waals surface area contributed by atoms with Gasteiger partial charge in [-0.1, -0.05) is 48.5 Å². The van der Waals surface area contributed by atoms with Crippen LogP contribution in [0.3, 0.4) is 0 Å². The maximum atomic E-state index is 13.9. The predicted molar refractivity (Wildman–Crippen MR) is 128 cm³/mol. The Morgan fingerprint density at radius 2 is 1.45 bits per heavy atom. The standard InChI is InChI=1S/C27H24N2O4/c1-32-21-15-20(16-22(17-21)33-2)29-26(30)24(19-10-4-3-5-11-19)25(27(29)31)28-14-8-12-18-9-6-7-13-23(18)28/h3-7,9-11,13,15-17H,8,12,14H2,1-2H3. The van der Waals surface area contributed by atoms with Crippen LogP contribution in [0, 0.1) is 0 Å². The summed E-state index contributed by atoms with van der Waals surface area (Å²) in [5, 5.41) is 0. The van der Waals surface area contributed by atoms with Crippen LogP contribution in [0.4, 0.5) is 11.4 Å². The molecule has 2 aliphatic rings. The molecular weight excluding hydrogens is 416 g/mol. The second kappa shape index (κ2) is 8.47. The van der Waals surface area contributed by atoms with Crippen LogP contribution < -0.4 is 19.3 Å². The lowest BCUT2D eigenvalue weighted by Gasteiger charge is -2.32. The van der Waals surface area contributed by atoms with Crippen LogP contribution >= 0.6 is 0 Å². The van der Waals surface area contributed by atoms with Crippen molar-refractivity contribution in [2.45, 2.75) is 12.8 Å². The van der Waals surface area contributed by atoms with Crippen molar-refractivity contribution in [3.05, 3.63) is 89.6 Å². The predicted octanol–water partition coefficient (Wildman–Crippen LogP) is 4.44. The number of anilines is 2. The van der Waals surface area contributed by atoms with Crippen LogP contribution in [0.15, 0.2) is 78.5 Å². The highest BCUT2D eigenvalue weighted by molar-refractivity contribution is 6.46. The number of fused-ring (bicyclic) bond motifs is 1. The Kier molecular flexibility index (Phi) is 5.34. The van der Waals surface area contributed by atoms with E-state index < -0.39 is 0 Å². The molecular formula is C27H24N2O4. The van der Waals surface area contributed by atoms with E-state index in [-0.39, 0.29) is 11.8 Å². The molecule has 3 aromatic carbocycles. The van der Waals surface area contributed by atoms with Crippen molar-refractivity contribution in [1.29, 1.82) is 0 Å². The molecule has 33 heavy (non-hydrogen) atoms. The van der Waals surface area contributed by atoms with Gasteiger partial charge < -0.3 is 14.4 Å². The van der Waals surface area contributed by atoms with Gasteiger partial charge in [0.1, 0.15) is 17.2 Å². The Balaban J connectivity index is 1.69. The maximum absolute atomic E-state index is 13.9. The molecule has 0 radical (unpaired) electrons. The fraction of sp³-hybridized carbons (Fsp3) is 0.185. The first-order valence-corrected chi connectivity index (χ1v) is 10.9. The summed E-state index contributed by atoms with van der Waals surface area (Å²) in [4.78, 5) is 31.0. The minimum atomic E-state index is -0.362. The van der Waals surface area contributed by atoms with Crippen molar-refractivity contribution >= 4 is 28.8 Å². The van der Waals surface area contributed by atoms with Crippen LogP contribution in [0.1, 0.15) is 17.5 Å². The van der Waals surface area contributed by atoms with Gasteiger partial charge in [-0.05, 0) is 30.0 Å². The van der Waals surface area contributed by atoms with Crippen molar-refractivity contribution in [1.82, 2.24) is 0 Å². The van der Waals surface area contributed by atoms with E-state index in [1.54, 1.807) is 18.2 Å². The van der Waals surface area contributed by atoms with E-state index in [4.69, 9.17) is 9.47 Å². The molecule has 6 nitrogen and oxygen atoms in total. The van der Waals surface area contributed by atoms with Gasteiger partial charge in [0.25, 0.3) is 11.8 Å². The number of nitrogens with zero attached hydrogens (tertiary/aromatic N) is 2. The fourth-order valence-electron chi connectivity index (χ4n) is 4.56. The monoisotopic (exact) mass is 440 g/mol. The van der Waals surface area contributed by atoms with Gasteiger partial charge in [-0.2, -0.15) is 0 Å². The number of carbonyl (C=O) groups is 2. The number of para-hydroxylation sites is 1. The molecule has 3 aromatic rings. The fourth-order valence-corrected chi connectivity index (χ4v) is 4.56. The SMILES string of the molecule is COc1cc(OC)cc(N2C(=O)C(c3ccccc3)=C(N3CCCc4ccccc43)C2=O)c1. The molecule has 0 spiro atoms. The largest absolute Gasteiger partial charge is 0.497 e. The van der Waals surface area contributed by atoms with Gasteiger partial charge in [0.05, 0.1) is 25.5 Å². The molecule has 0 bridgehead atoms. The summed E-state index contributed by atoms with van der Waals surface area (Å²) in [6.07, 6.45) is 1.84. The summed E-state index contributed by atoms with van der Waals surface area (Å²) in [6.45, 7) is 0.664. The normalized spacial score (nSPS) is 15.7. The van der Waals surface area contributed by atoms with Crippen LogP contribution in [-0.4, -0.2) is 32.6 Å². The van der Waals surface area contributed by atoms with E-state index in [9.17, 15) is 9.59 Å². The zero-order valence-corrected chi connectivity index (χ0v) is 18.6. The van der Waals surface area contributed by atoms with E-state index in [1.165, 1.54) is 24.7 Å². The topological polar surface area (TPSA) is 59.1 Å². The van der Waals surface area contributed by atoms with Gasteiger partial charge in [0, 0.05) is 30.4 Å². The van der Waals surface area contributed by atoms with Crippen LogP contribution in [0.2, 0.25) is 0 Å². The Hall–Kier alpha value is -4.06. The molecule has 0 saturated heterocycles. The highest BCUT2D eigenvalue weighted by atomic mass is 16.5. The van der Waals surface area contributed by atoms with Gasteiger partial charge in [-0.15, -0.1) is 0 Å². The molecule has 2 heterocycles. The average molecular weight is 440 g/mol. The van der Waals surface area contributed by atoms with Crippen LogP contribution in [0.25, 0.3) is 5.57 Å². The molecule has 0 unspecified atom stereocenters. The molecule has 5 rings (SSSR count). The number of carbonyl (C=O) groups excluding carboxylic acids is 2. The molecule has 2 amide bonds. The van der Waals surface area contributed by atoms with Crippen molar-refractivity contribution in [2.24, 2.45) is 0 Å². The molecule has 166 valence electrons. The number of methoxy groups -OCH3 is 2. The molecule has 0 saturated carbocycles. The van der Waals surface area contributed by atoms with Crippen molar-refractivity contribution in [3.8, 4) is 11.5 Å². The van der Waals surface area contributed by atoms with Gasteiger partial charge >= 0.3 is 0 Å². The van der Waals surface area contributed by atoms with Crippen molar-refractivity contribution in [2.75, 3.05) is 30.6 Å². The molecule has 0 aliphatic carbocycles. The summed E-state index contributed by atoms with van der Waals surface area (Å²) >= 11 is 0. The zero-order chi connectivity index (χ0) is 22.9. The number of aryl methyl sites for hydroxylation is 1. The van der Waals surface area contributed by atoms with Gasteiger partial charge in [0.2, 0.25) is 0 Å². The number of hydrogen-bond acceptors (Lipinski definition) is 5. The molecule has 0 aromatic heterocycles. The number of rotatable bonds is 5. The van der Waals surface area contributed by atoms with Gasteiger partial charge in [-0.25, -0.2) is 4.90 Å². The van der Waals surface area contributed by atoms with Gasteiger partial charge in [-0.3, -0.25) is 9.59 Å². The van der Waals surface area contributed by atoms with Crippen LogP contribution in [-0.2, 0) is 16.0 Å². The first-order chi connectivity index (χ1) is 16.1. The van der Waals surface area contributed by atoms with Crippen molar-refractivity contribution in [3.63, 3.8) is 0 Å². The summed E-state index contributed by atoms with van der Waals surface area (Å²) < 4.78 is 10.8. The lowest BCUT2D eigenvalue weighted by molar-refractivity contribution is -0.120. The number of ether oxygens (including phenoxy) is 2. The Morgan fingerprint density at radius 1 is 0.788 bits per heavy atom. The number of amides is 2. The Bertz CT molecular complexity index is 1240. The van der Waals surface area contributed by atoms with Gasteiger partial charge in [0.15, 0.2) is 0 Å². The third kappa shape index (κ3) is 3.53. The van der Waals surface area contributed by atoms with E-state index >= 15 is 0 Å². The highest BCUT2D eigenvalue weighted by Gasteiger charge is 2.43. The first kappa shape index (κ1) is 20.8. The summed E-state index contributed by atoms with van der Waals surface area (Å²) in [7, 11) is 3.08. The van der Waals surface area contributed by atoms with Crippen molar-refractivity contribution < 1.29 is 19.1 Å². The molecule has 2 aliphatic heterocycles. The zero-order valence-electron chi connectivity index (χ0n) is 18.6. The quantitative estimate of drug-likeness (QED) is 0.549. The molecule has 0 N–H and O–H groups in total. The maximum Gasteiger partial charge on any atom is 0.282 e. The number of hydrogen-bond donors (Lipinski definition) is 0. The second-order valence-corrected chi connectivity index (χ2v) is 7.99. The van der Waals surface area contributed by atoms with E-state index in [0.717, 1.165) is 18.5 Å². The summed E-state index contributed by atoms with van der Waals surface area (Å²) in [6, 6.07) is 22.5. The number of imide groups is 1. The minimum absolute atomic E-state index is 0.356. The smallest absolute Gasteiger partial charge is 0.282 e. The van der Waals surface area contributed by atoms with Crippen LogP contribution in [0.5, 0.6) is 11.5 Å². The third-order valence-electron chi connectivity index (χ3n) is 6.10. The molecule has 0 fully saturated rings. The lowest BCUT2D eigenvalue weighted by Crippen LogP contribution is -2.37. The summed E-state index contributed by atoms with van der Waals surface area (Å²) in [5.74, 6) is 0.288. The van der Waals surface area contributed by atoms with E-state index in [0.29, 0.717) is 40.6 Å². The minimum Gasteiger partial charge on any atom is -0.497 e. The molecule has 6 heteroatoms. The average Bonchev–Trinajstić information content (AvgIpc) is 3.13. The first-order valence-electron chi connectivity index (χ1n) is 10.9. The molecule has 0 atom stereocenters. The Morgan fingerprint density at radius 3 is 2.15 bits per heavy atom. The lowest BCUT2D eigenvalue weighted by atomic mass is 9.98. The van der Waals surface area contributed by atoms with E-state index in [2.05, 4.69) is 6.07 Å². The second-order valence-electron chi connectivity index (χ2n) is 7.99. The Labute approximate surface area is 192 Å².